The van der Waals surface area contributed by atoms with Crippen molar-refractivity contribution >= 4 is 30.6 Å². The van der Waals surface area contributed by atoms with Gasteiger partial charge in [0, 0.05) is 18.4 Å². The number of benzene rings is 2. The van der Waals surface area contributed by atoms with Crippen LogP contribution in [0.5, 0.6) is 0 Å². The molecule has 1 N–H and O–H groups in total. The Hall–Kier alpha value is -3.26. The van der Waals surface area contributed by atoms with Crippen molar-refractivity contribution in [3.05, 3.63) is 95.6 Å². The first-order chi connectivity index (χ1) is 21.2. The molecule has 7 heteroatoms. The molecule has 0 saturated heterocycles. The second kappa shape index (κ2) is 15.8. The van der Waals surface area contributed by atoms with Gasteiger partial charge in [0.15, 0.2) is 6.10 Å². The average molecular weight is 633 g/mol. The van der Waals surface area contributed by atoms with Crippen LogP contribution < -0.4 is 10.4 Å². The van der Waals surface area contributed by atoms with Gasteiger partial charge in [0.05, 0.1) is 6.10 Å². The van der Waals surface area contributed by atoms with Crippen molar-refractivity contribution in [3.63, 3.8) is 0 Å². The third-order valence-electron chi connectivity index (χ3n) is 8.54. The summed E-state index contributed by atoms with van der Waals surface area (Å²) in [6.45, 7) is 18.0. The fourth-order valence-corrected chi connectivity index (χ4v) is 10.6. The number of allylic oxidation sites excluding steroid dienone is 1. The fraction of sp³-hybridized carbons (Fsp3) is 0.474. The summed E-state index contributed by atoms with van der Waals surface area (Å²) < 4.78 is 19.7. The molecule has 0 saturated carbocycles. The first-order valence-corrected chi connectivity index (χ1v) is 18.0. The third kappa shape index (κ3) is 8.93. The van der Waals surface area contributed by atoms with Gasteiger partial charge >= 0.3 is 11.9 Å². The van der Waals surface area contributed by atoms with E-state index in [4.69, 9.17) is 13.9 Å². The Labute approximate surface area is 271 Å². The van der Waals surface area contributed by atoms with E-state index in [0.29, 0.717) is 12.0 Å². The number of carbonyl (C=O) groups excluding carboxylic acids is 2. The molecule has 0 amide bonds. The van der Waals surface area contributed by atoms with Crippen LogP contribution in [0.2, 0.25) is 5.04 Å². The van der Waals surface area contributed by atoms with Crippen molar-refractivity contribution in [2.75, 3.05) is 0 Å². The Morgan fingerprint density at radius 1 is 1.00 bits per heavy atom. The minimum Gasteiger partial charge on any atom is -0.456 e. The van der Waals surface area contributed by atoms with Crippen LogP contribution in [-0.2, 0) is 23.5 Å². The van der Waals surface area contributed by atoms with Crippen LogP contribution in [0, 0.1) is 5.92 Å². The van der Waals surface area contributed by atoms with Gasteiger partial charge in [-0.25, -0.2) is 4.79 Å². The van der Waals surface area contributed by atoms with Crippen LogP contribution in [0.15, 0.2) is 95.6 Å². The number of ether oxygens (including phenoxy) is 2. The van der Waals surface area contributed by atoms with Gasteiger partial charge in [-0.05, 0) is 66.6 Å². The second-order valence-electron chi connectivity index (χ2n) is 13.6. The molecule has 2 aromatic rings. The van der Waals surface area contributed by atoms with E-state index in [1.807, 2.05) is 83.2 Å². The van der Waals surface area contributed by atoms with Gasteiger partial charge in [0.25, 0.3) is 8.32 Å². The lowest BCUT2D eigenvalue weighted by molar-refractivity contribution is -0.162. The zero-order valence-corrected chi connectivity index (χ0v) is 29.5. The van der Waals surface area contributed by atoms with E-state index < -0.39 is 44.7 Å². The molecule has 1 aliphatic rings. The highest BCUT2D eigenvalue weighted by molar-refractivity contribution is 6.99. The van der Waals surface area contributed by atoms with Gasteiger partial charge in [-0.2, -0.15) is 0 Å². The first-order valence-electron chi connectivity index (χ1n) is 16.0. The summed E-state index contributed by atoms with van der Waals surface area (Å²) in [5.74, 6) is -0.753. The van der Waals surface area contributed by atoms with Crippen molar-refractivity contribution in [1.29, 1.82) is 0 Å². The van der Waals surface area contributed by atoms with Crippen LogP contribution >= 0.6 is 0 Å². The molecule has 2 aromatic carbocycles. The Morgan fingerprint density at radius 2 is 1.56 bits per heavy atom. The standard InChI is InChI=1S/C38H52O6Si/c1-10-27(4)33-24-22-28(5)35(36(43-34(40)25-26(2)3)32(39)23-21-29(6)37(41)42-33)44-45(38(7,8)9,30-17-13-11-14-18-30)31-19-15-12-16-20-31/h10-22,26,32-33,35-36,39H,23-25H2,1-9H3/b27-10-,28-22+,29-21?/t32-,33-,35-,36-/m1/s1. The predicted octanol–water partition coefficient (Wildman–Crippen LogP) is 6.81. The number of cyclic esters (lactones) is 1. The first kappa shape index (κ1) is 36.2. The molecule has 0 aromatic heterocycles. The molecular weight excluding hydrogens is 580 g/mol. The second-order valence-corrected chi connectivity index (χ2v) is 17.8. The van der Waals surface area contributed by atoms with Crippen molar-refractivity contribution in [2.24, 2.45) is 5.92 Å². The number of aliphatic hydroxyl groups is 1. The zero-order valence-electron chi connectivity index (χ0n) is 28.5. The number of rotatable bonds is 8. The average Bonchev–Trinajstić information content (AvgIpc) is 3.00. The maximum atomic E-state index is 13.3. The van der Waals surface area contributed by atoms with E-state index in [1.165, 1.54) is 0 Å². The SMILES string of the molecule is C/C=C(/C)[C@H]1C/C=C(\C)[C@@H](O[Si](c2ccccc2)(c2ccccc2)C(C)(C)C)[C@H](OC(=O)CC(C)C)[C@H](O)CC=C(C)C(=O)O1. The highest BCUT2D eigenvalue weighted by Crippen LogP contribution is 2.39. The molecule has 1 heterocycles. The lowest BCUT2D eigenvalue weighted by Gasteiger charge is -2.47. The summed E-state index contributed by atoms with van der Waals surface area (Å²) >= 11 is 0. The molecule has 4 atom stereocenters. The van der Waals surface area contributed by atoms with Gasteiger partial charge in [-0.15, -0.1) is 0 Å². The Kier molecular flexibility index (Phi) is 12.7. The normalized spacial score (nSPS) is 23.6. The number of esters is 2. The highest BCUT2D eigenvalue weighted by atomic mass is 28.4. The molecule has 0 fully saturated rings. The number of hydrogen-bond acceptors (Lipinski definition) is 6. The van der Waals surface area contributed by atoms with E-state index in [2.05, 4.69) is 45.0 Å². The molecule has 0 radical (unpaired) electrons. The molecular formula is C38H52O6Si. The fourth-order valence-electron chi connectivity index (χ4n) is 5.84. The largest absolute Gasteiger partial charge is 0.456 e. The van der Waals surface area contributed by atoms with Crippen molar-refractivity contribution in [2.45, 2.75) is 111 Å². The Bertz CT molecular complexity index is 1330. The molecule has 6 nitrogen and oxygen atoms in total. The molecule has 45 heavy (non-hydrogen) atoms. The van der Waals surface area contributed by atoms with E-state index >= 15 is 0 Å². The molecule has 0 bridgehead atoms. The van der Waals surface area contributed by atoms with Crippen LogP contribution in [0.1, 0.15) is 81.6 Å². The quantitative estimate of drug-likeness (QED) is 0.196. The minimum atomic E-state index is -3.15. The monoisotopic (exact) mass is 632 g/mol. The highest BCUT2D eigenvalue weighted by Gasteiger charge is 2.53. The van der Waals surface area contributed by atoms with Crippen LogP contribution in [0.3, 0.4) is 0 Å². The van der Waals surface area contributed by atoms with Crippen LogP contribution in [0.25, 0.3) is 0 Å². The summed E-state index contributed by atoms with van der Waals surface area (Å²) in [5.41, 5.74) is 2.12. The molecule has 244 valence electrons. The number of aliphatic hydroxyl groups excluding tert-OH is 1. The smallest absolute Gasteiger partial charge is 0.333 e. The summed E-state index contributed by atoms with van der Waals surface area (Å²) in [7, 11) is -3.15. The summed E-state index contributed by atoms with van der Waals surface area (Å²) in [5, 5.41) is 13.6. The van der Waals surface area contributed by atoms with Crippen LogP contribution in [-0.4, -0.2) is 49.8 Å². The van der Waals surface area contributed by atoms with Crippen LogP contribution in [0.4, 0.5) is 0 Å². The number of hydrogen-bond donors (Lipinski definition) is 1. The minimum absolute atomic E-state index is 0.0787. The van der Waals surface area contributed by atoms with Crippen molar-refractivity contribution < 1.29 is 28.6 Å². The topological polar surface area (TPSA) is 82.1 Å². The Morgan fingerprint density at radius 3 is 2.04 bits per heavy atom. The van der Waals surface area contributed by atoms with Gasteiger partial charge in [-0.3, -0.25) is 4.79 Å². The van der Waals surface area contributed by atoms with Gasteiger partial charge in [-0.1, -0.05) is 114 Å². The number of carbonyl (C=O) groups is 2. The zero-order chi connectivity index (χ0) is 33.4. The molecule has 0 spiro atoms. The lowest BCUT2D eigenvalue weighted by atomic mass is 9.96. The summed E-state index contributed by atoms with van der Waals surface area (Å²) in [4.78, 5) is 26.3. The maximum Gasteiger partial charge on any atom is 0.333 e. The van der Waals surface area contributed by atoms with Gasteiger partial charge < -0.3 is 19.0 Å². The van der Waals surface area contributed by atoms with E-state index in [0.717, 1.165) is 21.5 Å². The molecule has 0 aliphatic carbocycles. The van der Waals surface area contributed by atoms with Gasteiger partial charge in [0.1, 0.15) is 12.2 Å². The predicted molar refractivity (Wildman–Crippen MR) is 184 cm³/mol. The van der Waals surface area contributed by atoms with E-state index in [-0.39, 0.29) is 23.8 Å². The maximum absolute atomic E-state index is 13.3. The van der Waals surface area contributed by atoms with Gasteiger partial charge in [0.2, 0.25) is 0 Å². The third-order valence-corrected chi connectivity index (χ3v) is 13.6. The van der Waals surface area contributed by atoms with E-state index in [9.17, 15) is 14.7 Å². The molecule has 0 unspecified atom stereocenters. The molecule has 1 aliphatic heterocycles. The lowest BCUT2D eigenvalue weighted by Crippen LogP contribution is -2.69. The van der Waals surface area contributed by atoms with Crippen molar-refractivity contribution in [3.8, 4) is 0 Å². The van der Waals surface area contributed by atoms with E-state index in [1.54, 1.807) is 13.0 Å². The Balaban J connectivity index is 2.32. The summed E-state index contributed by atoms with van der Waals surface area (Å²) in [6.07, 6.45) is 2.91. The molecule has 3 rings (SSSR count). The van der Waals surface area contributed by atoms with Crippen molar-refractivity contribution in [1.82, 2.24) is 0 Å². The summed E-state index contributed by atoms with van der Waals surface area (Å²) in [6, 6.07) is 20.6.